The first-order valence-electron chi connectivity index (χ1n) is 8.41. The van der Waals surface area contributed by atoms with Gasteiger partial charge in [0.25, 0.3) is 0 Å². The lowest BCUT2D eigenvalue weighted by Gasteiger charge is -2.24. The van der Waals surface area contributed by atoms with Crippen molar-refractivity contribution in [3.05, 3.63) is 46.8 Å². The SMILES string of the molecule is CCCn1nc(C(=O)O)c2c1CC[C@H](NCc1ccc(O)cc1)C2. The fourth-order valence-electron chi connectivity index (χ4n) is 3.31. The number of aromatic carboxylic acids is 1. The highest BCUT2D eigenvalue weighted by molar-refractivity contribution is 5.87. The van der Waals surface area contributed by atoms with Gasteiger partial charge in [0.05, 0.1) is 0 Å². The third kappa shape index (κ3) is 3.43. The van der Waals surface area contributed by atoms with Crippen LogP contribution in [0, 0.1) is 0 Å². The van der Waals surface area contributed by atoms with Crippen LogP contribution < -0.4 is 5.32 Å². The van der Waals surface area contributed by atoms with Crippen molar-refractivity contribution in [2.24, 2.45) is 0 Å². The highest BCUT2D eigenvalue weighted by atomic mass is 16.4. The summed E-state index contributed by atoms with van der Waals surface area (Å²) in [7, 11) is 0. The number of carbonyl (C=O) groups is 1. The second-order valence-corrected chi connectivity index (χ2v) is 6.29. The first kappa shape index (κ1) is 16.5. The zero-order valence-electron chi connectivity index (χ0n) is 13.8. The van der Waals surface area contributed by atoms with Crippen LogP contribution in [0.2, 0.25) is 0 Å². The average molecular weight is 329 g/mol. The standard InChI is InChI=1S/C18H23N3O3/c1-2-9-21-16-8-5-13(10-15(16)17(20-21)18(23)24)19-11-12-3-6-14(22)7-4-12/h3-4,6-7,13,19,22H,2,5,8-11H2,1H3,(H,23,24)/t13-/m0/s1. The Balaban J connectivity index is 1.71. The number of rotatable bonds is 6. The quantitative estimate of drug-likeness (QED) is 0.757. The molecule has 6 nitrogen and oxygen atoms in total. The Labute approximate surface area is 141 Å². The van der Waals surface area contributed by atoms with Gasteiger partial charge in [-0.3, -0.25) is 4.68 Å². The molecule has 0 saturated heterocycles. The first-order valence-corrected chi connectivity index (χ1v) is 8.41. The maximum absolute atomic E-state index is 11.5. The van der Waals surface area contributed by atoms with Crippen LogP contribution in [0.15, 0.2) is 24.3 Å². The van der Waals surface area contributed by atoms with Crippen molar-refractivity contribution in [2.45, 2.75) is 51.7 Å². The maximum atomic E-state index is 11.5. The van der Waals surface area contributed by atoms with E-state index < -0.39 is 5.97 Å². The van der Waals surface area contributed by atoms with Gasteiger partial charge < -0.3 is 15.5 Å². The molecule has 1 heterocycles. The van der Waals surface area contributed by atoms with Crippen molar-refractivity contribution in [3.8, 4) is 5.75 Å². The van der Waals surface area contributed by atoms with Gasteiger partial charge in [0.1, 0.15) is 5.75 Å². The smallest absolute Gasteiger partial charge is 0.356 e. The van der Waals surface area contributed by atoms with Crippen molar-refractivity contribution >= 4 is 5.97 Å². The van der Waals surface area contributed by atoms with Crippen LogP contribution in [0.4, 0.5) is 0 Å². The van der Waals surface area contributed by atoms with E-state index in [0.29, 0.717) is 13.0 Å². The Morgan fingerprint density at radius 1 is 1.38 bits per heavy atom. The number of hydrogen-bond donors (Lipinski definition) is 3. The van der Waals surface area contributed by atoms with Crippen LogP contribution in [0.5, 0.6) is 5.75 Å². The van der Waals surface area contributed by atoms with Gasteiger partial charge in [-0.25, -0.2) is 4.79 Å². The van der Waals surface area contributed by atoms with E-state index in [4.69, 9.17) is 0 Å². The number of aromatic hydroxyl groups is 1. The van der Waals surface area contributed by atoms with Crippen LogP contribution in [0.1, 0.15) is 47.1 Å². The van der Waals surface area contributed by atoms with Crippen LogP contribution in [-0.4, -0.2) is 32.0 Å². The molecule has 0 aliphatic heterocycles. The van der Waals surface area contributed by atoms with Gasteiger partial charge in [0.2, 0.25) is 0 Å². The van der Waals surface area contributed by atoms with Crippen molar-refractivity contribution in [2.75, 3.05) is 0 Å². The molecule has 1 atom stereocenters. The lowest BCUT2D eigenvalue weighted by Crippen LogP contribution is -2.34. The van der Waals surface area contributed by atoms with Crippen molar-refractivity contribution in [1.82, 2.24) is 15.1 Å². The fourth-order valence-corrected chi connectivity index (χ4v) is 3.31. The Morgan fingerprint density at radius 3 is 2.79 bits per heavy atom. The molecule has 0 unspecified atom stereocenters. The molecule has 0 radical (unpaired) electrons. The molecule has 3 rings (SSSR count). The number of hydrogen-bond acceptors (Lipinski definition) is 4. The molecule has 0 saturated carbocycles. The van der Waals surface area contributed by atoms with Gasteiger partial charge in [-0.15, -0.1) is 0 Å². The van der Waals surface area contributed by atoms with E-state index in [0.717, 1.165) is 42.6 Å². The molecular weight excluding hydrogens is 306 g/mol. The predicted octanol–water partition coefficient (Wildman–Crippen LogP) is 2.34. The second kappa shape index (κ2) is 7.05. The maximum Gasteiger partial charge on any atom is 0.356 e. The van der Waals surface area contributed by atoms with Crippen molar-refractivity contribution in [1.29, 1.82) is 0 Å². The molecule has 0 bridgehead atoms. The molecule has 1 aromatic carbocycles. The highest BCUT2D eigenvalue weighted by Gasteiger charge is 2.28. The second-order valence-electron chi connectivity index (χ2n) is 6.29. The molecule has 6 heteroatoms. The highest BCUT2D eigenvalue weighted by Crippen LogP contribution is 2.25. The summed E-state index contributed by atoms with van der Waals surface area (Å²) >= 11 is 0. The summed E-state index contributed by atoms with van der Waals surface area (Å²) in [6.45, 7) is 3.53. The Kier molecular flexibility index (Phi) is 4.85. The predicted molar refractivity (Wildman–Crippen MR) is 90.2 cm³/mol. The molecule has 1 aliphatic rings. The number of fused-ring (bicyclic) bond motifs is 1. The summed E-state index contributed by atoms with van der Waals surface area (Å²) in [5.41, 5.74) is 3.26. The molecular formula is C18H23N3O3. The minimum absolute atomic E-state index is 0.203. The van der Waals surface area contributed by atoms with Gasteiger partial charge in [-0.05, 0) is 43.4 Å². The average Bonchev–Trinajstić information content (AvgIpc) is 2.93. The number of benzene rings is 1. The number of aryl methyl sites for hydroxylation is 1. The lowest BCUT2D eigenvalue weighted by atomic mass is 9.91. The van der Waals surface area contributed by atoms with Crippen molar-refractivity contribution < 1.29 is 15.0 Å². The van der Waals surface area contributed by atoms with E-state index in [9.17, 15) is 15.0 Å². The number of phenols is 1. The van der Waals surface area contributed by atoms with Crippen molar-refractivity contribution in [3.63, 3.8) is 0 Å². The Hall–Kier alpha value is -2.34. The summed E-state index contributed by atoms with van der Waals surface area (Å²) in [4.78, 5) is 11.5. The molecule has 24 heavy (non-hydrogen) atoms. The lowest BCUT2D eigenvalue weighted by molar-refractivity contribution is 0.0688. The monoisotopic (exact) mass is 329 g/mol. The van der Waals surface area contributed by atoms with E-state index in [1.165, 1.54) is 0 Å². The largest absolute Gasteiger partial charge is 0.508 e. The number of carboxylic acids is 1. The van der Waals surface area contributed by atoms with E-state index in [-0.39, 0.29) is 17.5 Å². The molecule has 0 amide bonds. The third-order valence-corrected chi connectivity index (χ3v) is 4.52. The van der Waals surface area contributed by atoms with E-state index >= 15 is 0 Å². The zero-order chi connectivity index (χ0) is 17.1. The molecule has 3 N–H and O–H groups in total. The van der Waals surface area contributed by atoms with Crippen LogP contribution in [-0.2, 0) is 25.9 Å². The van der Waals surface area contributed by atoms with E-state index in [1.54, 1.807) is 12.1 Å². The minimum Gasteiger partial charge on any atom is -0.508 e. The van der Waals surface area contributed by atoms with Gasteiger partial charge in [-0.2, -0.15) is 5.10 Å². The first-order chi connectivity index (χ1) is 11.6. The van der Waals surface area contributed by atoms with E-state index in [1.807, 2.05) is 16.8 Å². The Bertz CT molecular complexity index is 722. The number of phenolic OH excluding ortho intramolecular Hbond substituents is 1. The molecule has 128 valence electrons. The minimum atomic E-state index is -0.944. The van der Waals surface area contributed by atoms with Gasteiger partial charge in [-0.1, -0.05) is 19.1 Å². The number of nitrogens with one attached hydrogen (secondary N) is 1. The molecule has 1 aliphatic carbocycles. The molecule has 1 aromatic heterocycles. The summed E-state index contributed by atoms with van der Waals surface area (Å²) < 4.78 is 1.87. The summed E-state index contributed by atoms with van der Waals surface area (Å²) in [5.74, 6) is -0.684. The topological polar surface area (TPSA) is 87.4 Å². The number of carboxylic acid groups (broad SMARTS) is 1. The molecule has 0 spiro atoms. The summed E-state index contributed by atoms with van der Waals surface area (Å²) in [6.07, 6.45) is 3.46. The van der Waals surface area contributed by atoms with Crippen LogP contribution in [0.25, 0.3) is 0 Å². The zero-order valence-corrected chi connectivity index (χ0v) is 13.8. The summed E-state index contributed by atoms with van der Waals surface area (Å²) in [5, 5.41) is 26.5. The Morgan fingerprint density at radius 2 is 2.12 bits per heavy atom. The number of aromatic nitrogens is 2. The van der Waals surface area contributed by atoms with Gasteiger partial charge >= 0.3 is 5.97 Å². The molecule has 2 aromatic rings. The fraction of sp³-hybridized carbons (Fsp3) is 0.444. The van der Waals surface area contributed by atoms with Gasteiger partial charge in [0.15, 0.2) is 5.69 Å². The summed E-state index contributed by atoms with van der Waals surface area (Å²) in [6, 6.07) is 7.36. The van der Waals surface area contributed by atoms with Crippen LogP contribution >= 0.6 is 0 Å². The van der Waals surface area contributed by atoms with Crippen LogP contribution in [0.3, 0.4) is 0 Å². The van der Waals surface area contributed by atoms with E-state index in [2.05, 4.69) is 17.3 Å². The normalized spacial score (nSPS) is 16.8. The molecule has 0 fully saturated rings. The number of nitrogens with zero attached hydrogens (tertiary/aromatic N) is 2. The van der Waals surface area contributed by atoms with Gasteiger partial charge in [0, 0.05) is 30.4 Å². The third-order valence-electron chi connectivity index (χ3n) is 4.52.